The van der Waals surface area contributed by atoms with Gasteiger partial charge in [-0.2, -0.15) is 0 Å². The van der Waals surface area contributed by atoms with Crippen LogP contribution in [0.4, 0.5) is 0 Å². The van der Waals surface area contributed by atoms with Gasteiger partial charge in [-0.1, -0.05) is 29.3 Å². The molecule has 1 aliphatic rings. The Morgan fingerprint density at radius 1 is 1.40 bits per heavy atom. The predicted molar refractivity (Wildman–Crippen MR) is 61.0 cm³/mol. The van der Waals surface area contributed by atoms with Gasteiger partial charge in [0.15, 0.2) is 0 Å². The van der Waals surface area contributed by atoms with Gasteiger partial charge in [-0.25, -0.2) is 0 Å². The first-order valence-electron chi connectivity index (χ1n) is 4.77. The zero-order valence-corrected chi connectivity index (χ0v) is 9.61. The van der Waals surface area contributed by atoms with Crippen molar-refractivity contribution < 1.29 is 4.79 Å². The number of nitrogens with two attached hydrogens (primary N) is 1. The molecule has 1 saturated carbocycles. The van der Waals surface area contributed by atoms with E-state index >= 15 is 0 Å². The maximum atomic E-state index is 11.2. The number of benzene rings is 1. The zero-order chi connectivity index (χ0) is 11.1. The molecule has 0 heterocycles. The van der Waals surface area contributed by atoms with Crippen molar-refractivity contribution in [1.82, 2.24) is 0 Å². The minimum absolute atomic E-state index is 0.228. The SMILES string of the molecule is NC(=O)C1(Cc2ccc(Cl)cc2Cl)CC1. The van der Waals surface area contributed by atoms with Crippen molar-refractivity contribution in [3.63, 3.8) is 0 Å². The summed E-state index contributed by atoms with van der Waals surface area (Å²) in [4.78, 5) is 11.2. The Kier molecular flexibility index (Phi) is 2.65. The van der Waals surface area contributed by atoms with Crippen LogP contribution in [0.3, 0.4) is 0 Å². The third-order valence-electron chi connectivity index (χ3n) is 2.92. The Balaban J connectivity index is 2.21. The van der Waals surface area contributed by atoms with Crippen LogP contribution < -0.4 is 5.73 Å². The maximum Gasteiger partial charge on any atom is 0.223 e. The minimum atomic E-state index is -0.350. The average molecular weight is 244 g/mol. The summed E-state index contributed by atoms with van der Waals surface area (Å²) < 4.78 is 0. The number of hydrogen-bond acceptors (Lipinski definition) is 1. The molecule has 80 valence electrons. The number of amides is 1. The Bertz CT molecular complexity index is 413. The molecule has 2 N–H and O–H groups in total. The van der Waals surface area contributed by atoms with Crippen LogP contribution in [0.25, 0.3) is 0 Å². The van der Waals surface area contributed by atoms with Crippen molar-refractivity contribution >= 4 is 29.1 Å². The lowest BCUT2D eigenvalue weighted by Crippen LogP contribution is -2.26. The Morgan fingerprint density at radius 3 is 2.53 bits per heavy atom. The molecule has 1 aromatic rings. The van der Waals surface area contributed by atoms with E-state index in [2.05, 4.69) is 0 Å². The monoisotopic (exact) mass is 243 g/mol. The van der Waals surface area contributed by atoms with Gasteiger partial charge in [0.2, 0.25) is 5.91 Å². The summed E-state index contributed by atoms with van der Waals surface area (Å²) in [6, 6.07) is 5.32. The summed E-state index contributed by atoms with van der Waals surface area (Å²) >= 11 is 11.8. The molecule has 0 radical (unpaired) electrons. The molecule has 1 amide bonds. The van der Waals surface area contributed by atoms with Crippen molar-refractivity contribution in [2.24, 2.45) is 11.1 Å². The van der Waals surface area contributed by atoms with Crippen LogP contribution in [0.5, 0.6) is 0 Å². The fraction of sp³-hybridized carbons (Fsp3) is 0.364. The highest BCUT2D eigenvalue weighted by molar-refractivity contribution is 6.35. The molecule has 0 unspecified atom stereocenters. The third-order valence-corrected chi connectivity index (χ3v) is 3.51. The topological polar surface area (TPSA) is 43.1 Å². The summed E-state index contributed by atoms with van der Waals surface area (Å²) in [5, 5.41) is 1.21. The van der Waals surface area contributed by atoms with Crippen molar-refractivity contribution in [2.45, 2.75) is 19.3 Å². The standard InChI is InChI=1S/C11H11Cl2NO/c12-8-2-1-7(9(13)5-8)6-11(3-4-11)10(14)15/h1-2,5H,3-4,6H2,(H2,14,15). The highest BCUT2D eigenvalue weighted by Crippen LogP contribution is 2.48. The number of carbonyl (C=O) groups is 1. The van der Waals surface area contributed by atoms with Crippen molar-refractivity contribution in [3.8, 4) is 0 Å². The normalized spacial score (nSPS) is 17.5. The molecule has 4 heteroatoms. The second-order valence-corrected chi connectivity index (χ2v) is 4.90. The van der Waals surface area contributed by atoms with Gasteiger partial charge in [-0.05, 0) is 37.0 Å². The van der Waals surface area contributed by atoms with Crippen molar-refractivity contribution in [2.75, 3.05) is 0 Å². The number of rotatable bonds is 3. The first-order chi connectivity index (χ1) is 7.03. The lowest BCUT2D eigenvalue weighted by molar-refractivity contribution is -0.123. The summed E-state index contributed by atoms with van der Waals surface area (Å²) in [7, 11) is 0. The van der Waals surface area contributed by atoms with E-state index in [-0.39, 0.29) is 11.3 Å². The van der Waals surface area contributed by atoms with Crippen LogP contribution in [0.2, 0.25) is 10.0 Å². The van der Waals surface area contributed by atoms with Gasteiger partial charge in [0, 0.05) is 10.0 Å². The number of hydrogen-bond donors (Lipinski definition) is 1. The highest BCUT2D eigenvalue weighted by Gasteiger charge is 2.48. The lowest BCUT2D eigenvalue weighted by atomic mass is 9.96. The van der Waals surface area contributed by atoms with Gasteiger partial charge >= 0.3 is 0 Å². The van der Waals surface area contributed by atoms with Gasteiger partial charge in [0.05, 0.1) is 5.41 Å². The van der Waals surface area contributed by atoms with E-state index in [1.165, 1.54) is 0 Å². The third kappa shape index (κ3) is 2.11. The molecule has 2 nitrogen and oxygen atoms in total. The summed E-state index contributed by atoms with van der Waals surface area (Å²) in [6.45, 7) is 0. The van der Waals surface area contributed by atoms with Crippen LogP contribution >= 0.6 is 23.2 Å². The number of primary amides is 1. The molecule has 0 aromatic heterocycles. The molecular weight excluding hydrogens is 233 g/mol. The molecule has 1 aliphatic carbocycles. The predicted octanol–water partition coefficient (Wildman–Crippen LogP) is 2.80. The van der Waals surface area contributed by atoms with E-state index in [1.807, 2.05) is 6.07 Å². The largest absolute Gasteiger partial charge is 0.369 e. The fourth-order valence-electron chi connectivity index (χ4n) is 1.69. The molecular formula is C11H11Cl2NO. The summed E-state index contributed by atoms with van der Waals surface area (Å²) in [6.07, 6.45) is 2.35. The van der Waals surface area contributed by atoms with Crippen molar-refractivity contribution in [1.29, 1.82) is 0 Å². The molecule has 0 bridgehead atoms. The van der Waals surface area contributed by atoms with Crippen LogP contribution in [0.1, 0.15) is 18.4 Å². The highest BCUT2D eigenvalue weighted by atomic mass is 35.5. The fourth-order valence-corrected chi connectivity index (χ4v) is 2.17. The summed E-state index contributed by atoms with van der Waals surface area (Å²) in [5.41, 5.74) is 5.94. The number of carbonyl (C=O) groups excluding carboxylic acids is 1. The van der Waals surface area contributed by atoms with Gasteiger partial charge < -0.3 is 5.73 Å². The molecule has 2 rings (SSSR count). The average Bonchev–Trinajstić information content (AvgIpc) is 2.91. The van der Waals surface area contributed by atoms with Gasteiger partial charge in [0.25, 0.3) is 0 Å². The second-order valence-electron chi connectivity index (χ2n) is 4.06. The van der Waals surface area contributed by atoms with Gasteiger partial charge in [-0.3, -0.25) is 4.79 Å². The molecule has 0 spiro atoms. The first-order valence-corrected chi connectivity index (χ1v) is 5.53. The van der Waals surface area contributed by atoms with Crippen molar-refractivity contribution in [3.05, 3.63) is 33.8 Å². The smallest absolute Gasteiger partial charge is 0.223 e. The van der Waals surface area contributed by atoms with E-state index in [1.54, 1.807) is 12.1 Å². The quantitative estimate of drug-likeness (QED) is 0.872. The minimum Gasteiger partial charge on any atom is -0.369 e. The van der Waals surface area contributed by atoms with E-state index in [0.717, 1.165) is 18.4 Å². The lowest BCUT2D eigenvalue weighted by Gasteiger charge is -2.11. The van der Waals surface area contributed by atoms with Gasteiger partial charge in [0.1, 0.15) is 0 Å². The van der Waals surface area contributed by atoms with E-state index in [9.17, 15) is 4.79 Å². The maximum absolute atomic E-state index is 11.2. The molecule has 1 aromatic carbocycles. The molecule has 0 atom stereocenters. The Hall–Kier alpha value is -0.730. The first kappa shape index (κ1) is 10.8. The Labute approximate surface area is 98.4 Å². The van der Waals surface area contributed by atoms with Gasteiger partial charge in [-0.15, -0.1) is 0 Å². The molecule has 0 aliphatic heterocycles. The van der Waals surface area contributed by atoms with Crippen LogP contribution in [0, 0.1) is 5.41 Å². The summed E-state index contributed by atoms with van der Waals surface area (Å²) in [5.74, 6) is -0.228. The van der Waals surface area contributed by atoms with E-state index in [0.29, 0.717) is 16.5 Å². The molecule has 0 saturated heterocycles. The van der Waals surface area contributed by atoms with E-state index < -0.39 is 0 Å². The zero-order valence-electron chi connectivity index (χ0n) is 8.09. The molecule has 1 fully saturated rings. The Morgan fingerprint density at radius 2 is 2.07 bits per heavy atom. The van der Waals surface area contributed by atoms with Crippen LogP contribution in [0.15, 0.2) is 18.2 Å². The molecule has 15 heavy (non-hydrogen) atoms. The van der Waals surface area contributed by atoms with Crippen LogP contribution in [-0.2, 0) is 11.2 Å². The number of halogens is 2. The van der Waals surface area contributed by atoms with Crippen LogP contribution in [-0.4, -0.2) is 5.91 Å². The van der Waals surface area contributed by atoms with E-state index in [4.69, 9.17) is 28.9 Å². The second kappa shape index (κ2) is 3.69.